The highest BCUT2D eigenvalue weighted by atomic mass is 19.4. The molecule has 0 saturated heterocycles. The van der Waals surface area contributed by atoms with Crippen LogP contribution in [0.15, 0.2) is 41.3 Å². The molecule has 0 spiro atoms. The smallest absolute Gasteiger partial charge is 0.406 e. The van der Waals surface area contributed by atoms with E-state index >= 15 is 0 Å². The average Bonchev–Trinajstić information content (AvgIpc) is 2.84. The summed E-state index contributed by atoms with van der Waals surface area (Å²) >= 11 is 0. The topological polar surface area (TPSA) is 42.7 Å². The number of rotatable bonds is 6. The van der Waals surface area contributed by atoms with Crippen LogP contribution in [-0.2, 0) is 11.3 Å². The van der Waals surface area contributed by atoms with Crippen LogP contribution in [0.25, 0.3) is 11.0 Å². The summed E-state index contributed by atoms with van der Waals surface area (Å²) in [5.41, 5.74) is 0.859. The molecule has 2 aromatic rings. The van der Waals surface area contributed by atoms with Gasteiger partial charge in [0.15, 0.2) is 5.76 Å². The Morgan fingerprint density at radius 2 is 2.09 bits per heavy atom. The van der Waals surface area contributed by atoms with Crippen LogP contribution in [0.3, 0.4) is 0 Å². The Bertz CT molecular complexity index is 706. The summed E-state index contributed by atoms with van der Waals surface area (Å²) in [5, 5.41) is 0.642. The normalized spacial score (nSPS) is 11.7. The molecular formula is C16H16F3NO3. The summed E-state index contributed by atoms with van der Waals surface area (Å²) in [6.45, 7) is 1.85. The number of methoxy groups -OCH3 is 1. The number of alkyl halides is 3. The van der Waals surface area contributed by atoms with Gasteiger partial charge >= 0.3 is 6.18 Å². The van der Waals surface area contributed by atoms with Crippen LogP contribution >= 0.6 is 0 Å². The van der Waals surface area contributed by atoms with Gasteiger partial charge in [0.05, 0.1) is 6.61 Å². The SMILES string of the molecule is C=CCN(CC(F)(F)F)C(=O)c1oc2ccccc2c1COC. The number of amides is 1. The Morgan fingerprint density at radius 3 is 2.70 bits per heavy atom. The molecule has 0 radical (unpaired) electrons. The fourth-order valence-corrected chi connectivity index (χ4v) is 2.29. The summed E-state index contributed by atoms with van der Waals surface area (Å²) in [6, 6.07) is 6.84. The molecule has 0 aliphatic heterocycles. The number of benzene rings is 1. The van der Waals surface area contributed by atoms with Gasteiger partial charge in [-0.3, -0.25) is 4.79 Å². The van der Waals surface area contributed by atoms with E-state index in [0.717, 1.165) is 0 Å². The predicted octanol–water partition coefficient (Wildman–Crippen LogP) is 3.77. The van der Waals surface area contributed by atoms with Crippen molar-refractivity contribution >= 4 is 16.9 Å². The quantitative estimate of drug-likeness (QED) is 0.759. The molecule has 0 unspecified atom stereocenters. The van der Waals surface area contributed by atoms with E-state index in [1.165, 1.54) is 13.2 Å². The molecule has 0 aliphatic rings. The highest BCUT2D eigenvalue weighted by molar-refractivity contribution is 5.99. The van der Waals surface area contributed by atoms with E-state index < -0.39 is 18.6 Å². The van der Waals surface area contributed by atoms with Crippen molar-refractivity contribution in [3.8, 4) is 0 Å². The first kappa shape index (κ1) is 17.1. The van der Waals surface area contributed by atoms with Gasteiger partial charge in [0, 0.05) is 24.6 Å². The van der Waals surface area contributed by atoms with Crippen molar-refractivity contribution < 1.29 is 27.1 Å². The highest BCUT2D eigenvalue weighted by Gasteiger charge is 2.35. The van der Waals surface area contributed by atoms with Crippen molar-refractivity contribution in [3.05, 3.63) is 48.2 Å². The average molecular weight is 327 g/mol. The minimum atomic E-state index is -4.51. The van der Waals surface area contributed by atoms with Crippen LogP contribution in [-0.4, -0.2) is 37.2 Å². The maximum absolute atomic E-state index is 12.7. The van der Waals surface area contributed by atoms with E-state index in [2.05, 4.69) is 6.58 Å². The van der Waals surface area contributed by atoms with Gasteiger partial charge < -0.3 is 14.1 Å². The number of carbonyl (C=O) groups is 1. The third kappa shape index (κ3) is 3.92. The Kier molecular flexibility index (Phi) is 5.10. The van der Waals surface area contributed by atoms with Gasteiger partial charge in [0.1, 0.15) is 12.1 Å². The number of ether oxygens (including phenoxy) is 1. The van der Waals surface area contributed by atoms with Gasteiger partial charge in [-0.05, 0) is 6.07 Å². The number of halogens is 3. The lowest BCUT2D eigenvalue weighted by Crippen LogP contribution is -2.39. The molecule has 7 heteroatoms. The number of furan rings is 1. The van der Waals surface area contributed by atoms with E-state index in [9.17, 15) is 18.0 Å². The van der Waals surface area contributed by atoms with Crippen molar-refractivity contribution in [2.45, 2.75) is 12.8 Å². The minimum Gasteiger partial charge on any atom is -0.451 e. The van der Waals surface area contributed by atoms with Crippen LogP contribution in [0.5, 0.6) is 0 Å². The standard InChI is InChI=1S/C16H16F3NO3/c1-3-8-20(10-16(17,18)19)15(21)14-12(9-22-2)11-6-4-5-7-13(11)23-14/h3-7H,1,8-10H2,2H3. The van der Waals surface area contributed by atoms with E-state index in [1.54, 1.807) is 24.3 Å². The summed E-state index contributed by atoms with van der Waals surface area (Å²) in [7, 11) is 1.44. The maximum atomic E-state index is 12.7. The first-order valence-electron chi connectivity index (χ1n) is 6.83. The molecule has 23 heavy (non-hydrogen) atoms. The molecule has 1 aromatic carbocycles. The Labute approximate surface area is 131 Å². The number of hydrogen-bond donors (Lipinski definition) is 0. The van der Waals surface area contributed by atoms with Gasteiger partial charge in [-0.15, -0.1) is 6.58 Å². The molecular weight excluding hydrogens is 311 g/mol. The molecule has 0 N–H and O–H groups in total. The zero-order valence-electron chi connectivity index (χ0n) is 12.5. The van der Waals surface area contributed by atoms with E-state index in [0.29, 0.717) is 21.4 Å². The van der Waals surface area contributed by atoms with Gasteiger partial charge in [-0.1, -0.05) is 24.3 Å². The lowest BCUT2D eigenvalue weighted by molar-refractivity contribution is -0.139. The van der Waals surface area contributed by atoms with Crippen LogP contribution in [0, 0.1) is 0 Å². The Balaban J connectivity index is 2.45. The molecule has 2 rings (SSSR count). The zero-order valence-corrected chi connectivity index (χ0v) is 12.5. The molecule has 1 aromatic heterocycles. The molecule has 124 valence electrons. The summed E-state index contributed by atoms with van der Waals surface area (Å²) in [4.78, 5) is 13.1. The van der Waals surface area contributed by atoms with Gasteiger partial charge in [-0.2, -0.15) is 13.2 Å². The second kappa shape index (κ2) is 6.87. The Hall–Kier alpha value is -2.28. The predicted molar refractivity (Wildman–Crippen MR) is 79.1 cm³/mol. The lowest BCUT2D eigenvalue weighted by Gasteiger charge is -2.21. The third-order valence-electron chi connectivity index (χ3n) is 3.19. The van der Waals surface area contributed by atoms with E-state index in [-0.39, 0.29) is 18.9 Å². The van der Waals surface area contributed by atoms with Crippen LogP contribution in [0.2, 0.25) is 0 Å². The van der Waals surface area contributed by atoms with Crippen LogP contribution in [0.1, 0.15) is 16.1 Å². The number of fused-ring (bicyclic) bond motifs is 1. The van der Waals surface area contributed by atoms with Crippen molar-refractivity contribution in [2.24, 2.45) is 0 Å². The van der Waals surface area contributed by atoms with Crippen LogP contribution < -0.4 is 0 Å². The summed E-state index contributed by atoms with van der Waals surface area (Å²) in [6.07, 6.45) is -3.27. The first-order valence-corrected chi connectivity index (χ1v) is 6.83. The molecule has 1 heterocycles. The fraction of sp³-hybridized carbons (Fsp3) is 0.312. The Morgan fingerprint density at radius 1 is 1.39 bits per heavy atom. The molecule has 0 saturated carbocycles. The molecule has 0 atom stereocenters. The van der Waals surface area contributed by atoms with Crippen LogP contribution in [0.4, 0.5) is 13.2 Å². The second-order valence-electron chi connectivity index (χ2n) is 4.93. The molecule has 1 amide bonds. The van der Waals surface area contributed by atoms with Gasteiger partial charge in [0.25, 0.3) is 5.91 Å². The number of hydrogen-bond acceptors (Lipinski definition) is 3. The monoisotopic (exact) mass is 327 g/mol. The van der Waals surface area contributed by atoms with E-state index in [1.807, 2.05) is 0 Å². The number of nitrogens with zero attached hydrogens (tertiary/aromatic N) is 1. The second-order valence-corrected chi connectivity index (χ2v) is 4.93. The van der Waals surface area contributed by atoms with Crippen molar-refractivity contribution in [2.75, 3.05) is 20.2 Å². The zero-order chi connectivity index (χ0) is 17.0. The molecule has 0 fully saturated rings. The van der Waals surface area contributed by atoms with Crippen molar-refractivity contribution in [1.29, 1.82) is 0 Å². The lowest BCUT2D eigenvalue weighted by atomic mass is 10.1. The third-order valence-corrected chi connectivity index (χ3v) is 3.19. The highest BCUT2D eigenvalue weighted by Crippen LogP contribution is 2.28. The minimum absolute atomic E-state index is 0.0615. The molecule has 4 nitrogen and oxygen atoms in total. The van der Waals surface area contributed by atoms with Gasteiger partial charge in [0.2, 0.25) is 0 Å². The fourth-order valence-electron chi connectivity index (χ4n) is 2.29. The first-order chi connectivity index (χ1) is 10.9. The van der Waals surface area contributed by atoms with Crippen molar-refractivity contribution in [3.63, 3.8) is 0 Å². The largest absolute Gasteiger partial charge is 0.451 e. The number of para-hydroxylation sites is 1. The maximum Gasteiger partial charge on any atom is 0.406 e. The van der Waals surface area contributed by atoms with E-state index in [4.69, 9.17) is 9.15 Å². The number of carbonyl (C=O) groups excluding carboxylic acids is 1. The molecule has 0 bridgehead atoms. The van der Waals surface area contributed by atoms with Gasteiger partial charge in [-0.25, -0.2) is 0 Å². The molecule has 0 aliphatic carbocycles. The summed E-state index contributed by atoms with van der Waals surface area (Å²) < 4.78 is 48.6. The van der Waals surface area contributed by atoms with Crippen molar-refractivity contribution in [1.82, 2.24) is 4.90 Å². The summed E-state index contributed by atoms with van der Waals surface area (Å²) in [5.74, 6) is -0.982.